The normalized spacial score (nSPS) is 11.6. The lowest BCUT2D eigenvalue weighted by molar-refractivity contribution is 1.44. The van der Waals surface area contributed by atoms with Crippen LogP contribution in [0.3, 0.4) is 0 Å². The third-order valence-electron chi connectivity index (χ3n) is 3.46. The highest BCUT2D eigenvalue weighted by Gasteiger charge is 2.13. The van der Waals surface area contributed by atoms with Gasteiger partial charge in [0.2, 0.25) is 0 Å². The zero-order valence-corrected chi connectivity index (χ0v) is 12.7. The van der Waals surface area contributed by atoms with Crippen LogP contribution in [0.25, 0.3) is 20.2 Å². The first-order valence-corrected chi connectivity index (χ1v) is 7.35. The van der Waals surface area contributed by atoms with E-state index in [1.807, 2.05) is 6.07 Å². The molecule has 92 valence electrons. The van der Waals surface area contributed by atoms with Crippen LogP contribution in [0.5, 0.6) is 0 Å². The van der Waals surface area contributed by atoms with Gasteiger partial charge in [-0.2, -0.15) is 0 Å². The largest absolute Gasteiger partial charge is 0.135 e. The highest BCUT2D eigenvalue weighted by molar-refractivity contribution is 7.26. The lowest BCUT2D eigenvalue weighted by Gasteiger charge is -2.03. The molecule has 3 rings (SSSR count). The fraction of sp³-hybridized carbons (Fsp3) is 0.200. The van der Waals surface area contributed by atoms with Crippen molar-refractivity contribution in [1.82, 2.24) is 0 Å². The van der Waals surface area contributed by atoms with Crippen LogP contribution < -0.4 is 0 Å². The van der Waals surface area contributed by atoms with Crippen molar-refractivity contribution in [2.45, 2.75) is 20.8 Å². The van der Waals surface area contributed by atoms with Crippen LogP contribution in [0.1, 0.15) is 16.7 Å². The molecule has 0 aliphatic carbocycles. The van der Waals surface area contributed by atoms with Crippen molar-refractivity contribution in [2.75, 3.05) is 0 Å². The molecule has 3 aromatic rings. The maximum absolute atomic E-state index is 6.34. The molecule has 0 radical (unpaired) electrons. The van der Waals surface area contributed by atoms with E-state index in [2.05, 4.69) is 32.9 Å². The van der Waals surface area contributed by atoms with Gasteiger partial charge in [-0.3, -0.25) is 0 Å². The molecule has 0 spiro atoms. The predicted molar refractivity (Wildman–Crippen MR) is 83.6 cm³/mol. The van der Waals surface area contributed by atoms with Gasteiger partial charge >= 0.3 is 0 Å². The summed E-state index contributed by atoms with van der Waals surface area (Å²) in [5, 5.41) is 4.27. The Bertz CT molecular complexity index is 784. The van der Waals surface area contributed by atoms with E-state index in [0.29, 0.717) is 0 Å². The summed E-state index contributed by atoms with van der Waals surface area (Å²) in [5.41, 5.74) is 3.46. The smallest absolute Gasteiger partial charge is 0.0478 e. The summed E-state index contributed by atoms with van der Waals surface area (Å²) < 4.78 is 2.54. The molecule has 1 heterocycles. The van der Waals surface area contributed by atoms with E-state index < -0.39 is 0 Å². The highest BCUT2D eigenvalue weighted by atomic mass is 35.5. The summed E-state index contributed by atoms with van der Waals surface area (Å²) in [6, 6.07) is 6.26. The molecule has 0 N–H and O–H groups in total. The molecular weight excluding hydrogens is 283 g/mol. The SMILES string of the molecule is Cc1cc2c(sc3c(C)c(Cl)ccc32)c(C)c1Cl. The van der Waals surface area contributed by atoms with Crippen LogP contribution in [0.4, 0.5) is 0 Å². The summed E-state index contributed by atoms with van der Waals surface area (Å²) >= 11 is 14.3. The minimum atomic E-state index is 0.828. The Hall–Kier alpha value is -0.760. The van der Waals surface area contributed by atoms with E-state index in [9.17, 15) is 0 Å². The fourth-order valence-electron chi connectivity index (χ4n) is 2.39. The van der Waals surface area contributed by atoms with Gasteiger partial charge in [-0.15, -0.1) is 11.3 Å². The predicted octanol–water partition coefficient (Wildman–Crippen LogP) is 6.29. The van der Waals surface area contributed by atoms with Gasteiger partial charge in [0.15, 0.2) is 0 Å². The lowest BCUT2D eigenvalue weighted by atomic mass is 10.1. The number of fused-ring (bicyclic) bond motifs is 3. The molecule has 0 bridgehead atoms. The van der Waals surface area contributed by atoms with Crippen molar-refractivity contribution < 1.29 is 0 Å². The first-order valence-electron chi connectivity index (χ1n) is 5.77. The Morgan fingerprint density at radius 3 is 2.28 bits per heavy atom. The van der Waals surface area contributed by atoms with Crippen LogP contribution in [-0.2, 0) is 0 Å². The van der Waals surface area contributed by atoms with Gasteiger partial charge in [0.25, 0.3) is 0 Å². The first-order chi connectivity index (χ1) is 8.50. The van der Waals surface area contributed by atoms with E-state index in [4.69, 9.17) is 23.2 Å². The number of hydrogen-bond acceptors (Lipinski definition) is 1. The van der Waals surface area contributed by atoms with E-state index >= 15 is 0 Å². The quantitative estimate of drug-likeness (QED) is 0.457. The molecule has 0 saturated carbocycles. The van der Waals surface area contributed by atoms with Crippen LogP contribution in [0, 0.1) is 20.8 Å². The number of benzene rings is 2. The molecule has 0 nitrogen and oxygen atoms in total. The third kappa shape index (κ3) is 1.58. The standard InChI is InChI=1S/C15H12Cl2S/c1-7-6-11-10-4-5-12(16)8(2)14(10)18-15(11)9(3)13(7)17/h4-6H,1-3H3. The zero-order chi connectivity index (χ0) is 13.0. The van der Waals surface area contributed by atoms with E-state index in [-0.39, 0.29) is 0 Å². The Morgan fingerprint density at radius 2 is 1.56 bits per heavy atom. The van der Waals surface area contributed by atoms with Crippen molar-refractivity contribution in [3.63, 3.8) is 0 Å². The average molecular weight is 295 g/mol. The minimum Gasteiger partial charge on any atom is -0.135 e. The number of thiophene rings is 1. The molecule has 2 aromatic carbocycles. The van der Waals surface area contributed by atoms with Gasteiger partial charge in [0, 0.05) is 30.2 Å². The van der Waals surface area contributed by atoms with E-state index in [0.717, 1.165) is 21.2 Å². The van der Waals surface area contributed by atoms with Crippen LogP contribution in [0.2, 0.25) is 10.0 Å². The number of hydrogen-bond donors (Lipinski definition) is 0. The second kappa shape index (κ2) is 4.12. The Morgan fingerprint density at radius 1 is 0.889 bits per heavy atom. The fourth-order valence-corrected chi connectivity index (χ4v) is 4.10. The van der Waals surface area contributed by atoms with E-state index in [1.54, 1.807) is 11.3 Å². The molecule has 3 heteroatoms. The first kappa shape index (κ1) is 12.3. The van der Waals surface area contributed by atoms with Gasteiger partial charge in [-0.25, -0.2) is 0 Å². The zero-order valence-electron chi connectivity index (χ0n) is 10.4. The second-order valence-corrected chi connectivity index (χ2v) is 6.47. The number of aryl methyl sites for hydroxylation is 3. The summed E-state index contributed by atoms with van der Waals surface area (Å²) in [6.07, 6.45) is 0. The van der Waals surface area contributed by atoms with E-state index in [1.165, 1.54) is 25.7 Å². The van der Waals surface area contributed by atoms with Crippen molar-refractivity contribution in [1.29, 1.82) is 0 Å². The Labute approximate surface area is 120 Å². The summed E-state index contributed by atoms with van der Waals surface area (Å²) in [6.45, 7) is 6.22. The summed E-state index contributed by atoms with van der Waals surface area (Å²) in [7, 11) is 0. The Balaban J connectivity index is 2.59. The van der Waals surface area contributed by atoms with Gasteiger partial charge in [0.1, 0.15) is 0 Å². The van der Waals surface area contributed by atoms with Gasteiger partial charge < -0.3 is 0 Å². The molecule has 0 atom stereocenters. The van der Waals surface area contributed by atoms with Crippen LogP contribution in [-0.4, -0.2) is 0 Å². The third-order valence-corrected chi connectivity index (χ3v) is 5.91. The minimum absolute atomic E-state index is 0.828. The molecule has 0 aliphatic heterocycles. The van der Waals surface area contributed by atoms with Crippen molar-refractivity contribution in [3.8, 4) is 0 Å². The number of rotatable bonds is 0. The second-order valence-electron chi connectivity index (χ2n) is 4.66. The average Bonchev–Trinajstić information content (AvgIpc) is 2.71. The maximum atomic E-state index is 6.34. The molecule has 18 heavy (non-hydrogen) atoms. The van der Waals surface area contributed by atoms with Crippen LogP contribution >= 0.6 is 34.5 Å². The maximum Gasteiger partial charge on any atom is 0.0478 e. The van der Waals surface area contributed by atoms with Crippen molar-refractivity contribution >= 4 is 54.7 Å². The number of halogens is 2. The summed E-state index contributed by atoms with van der Waals surface area (Å²) in [5.74, 6) is 0. The molecule has 0 unspecified atom stereocenters. The topological polar surface area (TPSA) is 0 Å². The molecule has 0 amide bonds. The molecule has 0 aliphatic rings. The van der Waals surface area contributed by atoms with Crippen molar-refractivity contribution in [3.05, 3.63) is 44.9 Å². The van der Waals surface area contributed by atoms with Gasteiger partial charge in [-0.05, 0) is 49.6 Å². The van der Waals surface area contributed by atoms with Gasteiger partial charge in [-0.1, -0.05) is 29.3 Å². The highest BCUT2D eigenvalue weighted by Crippen LogP contribution is 2.42. The van der Waals surface area contributed by atoms with Crippen LogP contribution in [0.15, 0.2) is 18.2 Å². The molecule has 0 fully saturated rings. The molecule has 1 aromatic heterocycles. The summed E-state index contributed by atoms with van der Waals surface area (Å²) in [4.78, 5) is 0. The monoisotopic (exact) mass is 294 g/mol. The van der Waals surface area contributed by atoms with Crippen molar-refractivity contribution in [2.24, 2.45) is 0 Å². The molecular formula is C15H12Cl2S. The lowest BCUT2D eigenvalue weighted by Crippen LogP contribution is -1.81. The van der Waals surface area contributed by atoms with Gasteiger partial charge in [0.05, 0.1) is 0 Å². The Kier molecular flexibility index (Phi) is 2.81. The molecule has 0 saturated heterocycles.